The van der Waals surface area contributed by atoms with Gasteiger partial charge in [-0.05, 0) is 24.3 Å². The predicted molar refractivity (Wildman–Crippen MR) is 108 cm³/mol. The van der Waals surface area contributed by atoms with E-state index in [0.29, 0.717) is 5.69 Å². The fourth-order valence-corrected chi connectivity index (χ4v) is 4.04. The second-order valence-corrected chi connectivity index (χ2v) is 9.06. The van der Waals surface area contributed by atoms with E-state index < -0.39 is 0 Å². The molecule has 0 fully saturated rings. The average molecular weight is 353 g/mol. The third kappa shape index (κ3) is 3.59. The Balaban J connectivity index is 1.99. The number of thioether (sulfide) groups is 1. The number of carbonyl (C=O) groups is 1. The lowest BCUT2D eigenvalue weighted by Gasteiger charge is -2.24. The molecule has 0 aliphatic carbocycles. The third-order valence-corrected chi connectivity index (χ3v) is 5.30. The van der Waals surface area contributed by atoms with Gasteiger partial charge in [0.25, 0.3) is 5.91 Å². The molecule has 0 N–H and O–H groups in total. The molecule has 0 aliphatic heterocycles. The first-order valence-corrected chi connectivity index (χ1v) is 9.20. The molecule has 1 amide bonds. The lowest BCUT2D eigenvalue weighted by atomic mass is 10.2. The Hall–Kier alpha value is -2.20. The summed E-state index contributed by atoms with van der Waals surface area (Å²) >= 11 is 1.78. The monoisotopic (exact) mass is 352 g/mol. The first-order chi connectivity index (χ1) is 11.8. The molecule has 130 valence electrons. The van der Waals surface area contributed by atoms with Crippen molar-refractivity contribution in [2.45, 2.75) is 30.4 Å². The molecule has 3 nitrogen and oxygen atoms in total. The smallest absolute Gasteiger partial charge is 0.274 e. The van der Waals surface area contributed by atoms with Crippen LogP contribution in [0.4, 0.5) is 5.69 Å². The summed E-state index contributed by atoms with van der Waals surface area (Å²) in [6, 6.07) is 18.1. The summed E-state index contributed by atoms with van der Waals surface area (Å²) in [5, 5.41) is 1.08. The number of nitrogens with zero attached hydrogens (tertiary/aromatic N) is 2. The molecule has 0 radical (unpaired) electrons. The minimum absolute atomic E-state index is 0.000610. The Kier molecular flexibility index (Phi) is 4.65. The van der Waals surface area contributed by atoms with Gasteiger partial charge in [0.15, 0.2) is 0 Å². The highest BCUT2D eigenvalue weighted by atomic mass is 32.2. The van der Waals surface area contributed by atoms with Gasteiger partial charge in [0.05, 0.1) is 5.69 Å². The highest BCUT2D eigenvalue weighted by Gasteiger charge is 2.22. The molecule has 0 atom stereocenters. The van der Waals surface area contributed by atoms with E-state index in [0.717, 1.165) is 21.5 Å². The Morgan fingerprint density at radius 3 is 2.36 bits per heavy atom. The second-order valence-electron chi connectivity index (χ2n) is 7.19. The normalized spacial score (nSPS) is 11.7. The van der Waals surface area contributed by atoms with Crippen molar-refractivity contribution in [3.63, 3.8) is 0 Å². The lowest BCUT2D eigenvalue weighted by Crippen LogP contribution is -2.28. The quantitative estimate of drug-likeness (QED) is 0.594. The van der Waals surface area contributed by atoms with Crippen LogP contribution in [0.2, 0.25) is 0 Å². The number of benzene rings is 2. The number of fused-ring (bicyclic) bond motifs is 1. The van der Waals surface area contributed by atoms with E-state index in [1.165, 1.54) is 0 Å². The SMILES string of the molecule is CN(C(=O)c1cc2ccccc2n1C)c1ccccc1SC(C)(C)C. The van der Waals surface area contributed by atoms with E-state index >= 15 is 0 Å². The molecule has 2 aromatic carbocycles. The van der Waals surface area contributed by atoms with Crippen LogP contribution in [-0.2, 0) is 7.05 Å². The maximum atomic E-state index is 13.1. The van der Waals surface area contributed by atoms with E-state index in [-0.39, 0.29) is 10.7 Å². The first-order valence-electron chi connectivity index (χ1n) is 8.38. The van der Waals surface area contributed by atoms with Gasteiger partial charge in [-0.2, -0.15) is 0 Å². The lowest BCUT2D eigenvalue weighted by molar-refractivity contribution is 0.0985. The van der Waals surface area contributed by atoms with Crippen LogP contribution < -0.4 is 4.90 Å². The average Bonchev–Trinajstić information content (AvgIpc) is 2.90. The number of amides is 1. The van der Waals surface area contributed by atoms with Crippen molar-refractivity contribution in [2.24, 2.45) is 7.05 Å². The van der Waals surface area contributed by atoms with Crippen molar-refractivity contribution in [3.05, 3.63) is 60.3 Å². The van der Waals surface area contributed by atoms with Crippen LogP contribution in [0.3, 0.4) is 0 Å². The number of hydrogen-bond acceptors (Lipinski definition) is 2. The molecule has 1 aromatic heterocycles. The molecular formula is C21H24N2OS. The van der Waals surface area contributed by atoms with Crippen LogP contribution >= 0.6 is 11.8 Å². The maximum Gasteiger partial charge on any atom is 0.274 e. The summed E-state index contributed by atoms with van der Waals surface area (Å²) in [6.07, 6.45) is 0. The van der Waals surface area contributed by atoms with E-state index in [1.807, 2.05) is 67.2 Å². The highest BCUT2D eigenvalue weighted by Crippen LogP contribution is 2.38. The van der Waals surface area contributed by atoms with Crippen molar-refractivity contribution in [3.8, 4) is 0 Å². The van der Waals surface area contributed by atoms with Gasteiger partial charge in [-0.25, -0.2) is 0 Å². The van der Waals surface area contributed by atoms with Crippen molar-refractivity contribution >= 4 is 34.3 Å². The highest BCUT2D eigenvalue weighted by molar-refractivity contribution is 8.00. The zero-order valence-corrected chi connectivity index (χ0v) is 16.2. The van der Waals surface area contributed by atoms with Gasteiger partial charge < -0.3 is 9.47 Å². The summed E-state index contributed by atoms with van der Waals surface area (Å²) in [5.41, 5.74) is 2.70. The van der Waals surface area contributed by atoms with Gasteiger partial charge in [0.1, 0.15) is 5.69 Å². The van der Waals surface area contributed by atoms with Crippen LogP contribution in [0.15, 0.2) is 59.5 Å². The second kappa shape index (κ2) is 6.60. The molecule has 0 saturated carbocycles. The fraction of sp³-hybridized carbons (Fsp3) is 0.286. The molecule has 0 saturated heterocycles. The first kappa shape index (κ1) is 17.6. The zero-order valence-electron chi connectivity index (χ0n) is 15.4. The molecule has 0 aliphatic rings. The van der Waals surface area contributed by atoms with Crippen LogP contribution in [-0.4, -0.2) is 22.3 Å². The molecule has 0 spiro atoms. The molecular weight excluding hydrogens is 328 g/mol. The minimum Gasteiger partial charge on any atom is -0.340 e. The van der Waals surface area contributed by atoms with Gasteiger partial charge in [-0.15, -0.1) is 11.8 Å². The number of carbonyl (C=O) groups excluding carboxylic acids is 1. The standard InChI is InChI=1S/C21H24N2OS/c1-21(2,3)25-19-13-9-8-12-17(19)23(5)20(24)18-14-15-10-6-7-11-16(15)22(18)4/h6-14H,1-5H3. The largest absolute Gasteiger partial charge is 0.340 e. The predicted octanol–water partition coefficient (Wildman–Crippen LogP) is 5.35. The van der Waals surface area contributed by atoms with E-state index in [4.69, 9.17) is 0 Å². The van der Waals surface area contributed by atoms with E-state index in [9.17, 15) is 4.79 Å². The van der Waals surface area contributed by atoms with Gasteiger partial charge in [0, 0.05) is 34.6 Å². The zero-order chi connectivity index (χ0) is 18.2. The van der Waals surface area contributed by atoms with Crippen molar-refractivity contribution < 1.29 is 4.79 Å². The van der Waals surface area contributed by atoms with Crippen molar-refractivity contribution in [1.29, 1.82) is 0 Å². The van der Waals surface area contributed by atoms with Crippen molar-refractivity contribution in [1.82, 2.24) is 4.57 Å². The number of aryl methyl sites for hydroxylation is 1. The summed E-state index contributed by atoms with van der Waals surface area (Å²) in [7, 11) is 3.79. The topological polar surface area (TPSA) is 25.2 Å². The van der Waals surface area contributed by atoms with E-state index in [2.05, 4.69) is 26.8 Å². The molecule has 1 heterocycles. The van der Waals surface area contributed by atoms with Crippen LogP contribution in [0.25, 0.3) is 10.9 Å². The molecule has 4 heteroatoms. The molecule has 0 bridgehead atoms. The number of anilines is 1. The number of aromatic nitrogens is 1. The number of rotatable bonds is 3. The molecule has 3 rings (SSSR count). The third-order valence-electron chi connectivity index (χ3n) is 4.12. The fourth-order valence-electron chi connectivity index (χ4n) is 2.93. The Morgan fingerprint density at radius 1 is 1.04 bits per heavy atom. The van der Waals surface area contributed by atoms with Gasteiger partial charge in [0.2, 0.25) is 0 Å². The number of para-hydroxylation sites is 2. The maximum absolute atomic E-state index is 13.1. The van der Waals surface area contributed by atoms with Gasteiger partial charge >= 0.3 is 0 Å². The van der Waals surface area contributed by atoms with Gasteiger partial charge in [-0.3, -0.25) is 4.79 Å². The Morgan fingerprint density at radius 2 is 1.68 bits per heavy atom. The molecule has 3 aromatic rings. The summed E-state index contributed by atoms with van der Waals surface area (Å²) in [6.45, 7) is 6.54. The number of hydrogen-bond donors (Lipinski definition) is 0. The Labute approximate surface area is 153 Å². The minimum atomic E-state index is 0.000610. The summed E-state index contributed by atoms with van der Waals surface area (Å²) < 4.78 is 2.05. The summed E-state index contributed by atoms with van der Waals surface area (Å²) in [5.74, 6) is 0.000610. The molecule has 25 heavy (non-hydrogen) atoms. The van der Waals surface area contributed by atoms with Gasteiger partial charge in [-0.1, -0.05) is 51.1 Å². The van der Waals surface area contributed by atoms with E-state index in [1.54, 1.807) is 16.7 Å². The van der Waals surface area contributed by atoms with Crippen LogP contribution in [0.5, 0.6) is 0 Å². The van der Waals surface area contributed by atoms with Crippen LogP contribution in [0.1, 0.15) is 31.3 Å². The van der Waals surface area contributed by atoms with Crippen LogP contribution in [0, 0.1) is 0 Å². The summed E-state index contributed by atoms with van der Waals surface area (Å²) in [4.78, 5) is 16.0. The molecule has 0 unspecified atom stereocenters. The Bertz CT molecular complexity index is 921. The van der Waals surface area contributed by atoms with Crippen molar-refractivity contribution in [2.75, 3.05) is 11.9 Å².